The molecule has 3 heterocycles. The molecule has 0 atom stereocenters. The number of hydrogen-bond acceptors (Lipinski definition) is 8. The van der Waals surface area contributed by atoms with Gasteiger partial charge >= 0.3 is 6.43 Å². The van der Waals surface area contributed by atoms with Crippen molar-refractivity contribution < 1.29 is 18.0 Å². The van der Waals surface area contributed by atoms with Crippen LogP contribution in [0.15, 0.2) is 47.0 Å². The highest BCUT2D eigenvalue weighted by molar-refractivity contribution is 5.93. The second kappa shape index (κ2) is 7.50. The number of tetrazole rings is 1. The Hall–Kier alpha value is -4.09. The van der Waals surface area contributed by atoms with Crippen molar-refractivity contribution in [2.45, 2.75) is 13.0 Å². The van der Waals surface area contributed by atoms with E-state index in [1.165, 1.54) is 11.0 Å². The molecule has 1 amide bonds. The highest BCUT2D eigenvalue weighted by atomic mass is 19.3. The molecule has 1 aromatic carbocycles. The molecule has 29 heavy (non-hydrogen) atoms. The maximum atomic E-state index is 12.5. The van der Waals surface area contributed by atoms with Crippen LogP contribution in [-0.2, 0) is 6.54 Å². The van der Waals surface area contributed by atoms with Crippen molar-refractivity contribution >= 4 is 5.91 Å². The first-order valence-corrected chi connectivity index (χ1v) is 8.24. The first-order valence-electron chi connectivity index (χ1n) is 8.24. The molecule has 0 spiro atoms. The summed E-state index contributed by atoms with van der Waals surface area (Å²) in [5.74, 6) is -1.01. The molecule has 4 aromatic rings. The number of benzene rings is 1. The van der Waals surface area contributed by atoms with Crippen molar-refractivity contribution in [1.82, 2.24) is 35.4 Å². The summed E-state index contributed by atoms with van der Waals surface area (Å²) in [6.07, 6.45) is -1.41. The Morgan fingerprint density at radius 3 is 2.69 bits per heavy atom. The van der Waals surface area contributed by atoms with E-state index in [-0.39, 0.29) is 12.4 Å². The second-order valence-corrected chi connectivity index (χ2v) is 5.87. The van der Waals surface area contributed by atoms with E-state index in [0.29, 0.717) is 28.2 Å². The summed E-state index contributed by atoms with van der Waals surface area (Å²) in [6.45, 7) is 0.217. The standard InChI is InChI=1S/C17H12F2N8O2/c18-13(19)17-24-23-16(29-17)11-4-5-12(21-7-11)8-27-25-15(22-26-27)10-3-1-2-9(6-10)14(20)28/h1-7,13H,8H2,(H2,20,28). The van der Waals surface area contributed by atoms with E-state index in [2.05, 4.69) is 30.6 Å². The molecule has 0 fully saturated rings. The third-order valence-corrected chi connectivity index (χ3v) is 3.86. The van der Waals surface area contributed by atoms with Gasteiger partial charge in [0, 0.05) is 17.3 Å². The zero-order valence-electron chi connectivity index (χ0n) is 14.6. The molecule has 0 radical (unpaired) electrons. The van der Waals surface area contributed by atoms with Crippen LogP contribution in [0.1, 0.15) is 28.4 Å². The number of aromatic nitrogens is 7. The zero-order chi connectivity index (χ0) is 20.4. The third-order valence-electron chi connectivity index (χ3n) is 3.86. The van der Waals surface area contributed by atoms with Gasteiger partial charge in [0.05, 0.1) is 11.3 Å². The van der Waals surface area contributed by atoms with Crippen LogP contribution < -0.4 is 5.73 Å². The van der Waals surface area contributed by atoms with Crippen molar-refractivity contribution in [3.63, 3.8) is 0 Å². The number of pyridine rings is 1. The summed E-state index contributed by atoms with van der Waals surface area (Å²) in [4.78, 5) is 16.8. The van der Waals surface area contributed by atoms with E-state index >= 15 is 0 Å². The second-order valence-electron chi connectivity index (χ2n) is 5.87. The van der Waals surface area contributed by atoms with Crippen molar-refractivity contribution in [3.8, 4) is 22.8 Å². The summed E-state index contributed by atoms with van der Waals surface area (Å²) < 4.78 is 29.9. The van der Waals surface area contributed by atoms with Gasteiger partial charge in [-0.1, -0.05) is 12.1 Å². The number of rotatable bonds is 6. The number of halogens is 2. The fraction of sp³-hybridized carbons (Fsp3) is 0.118. The molecule has 0 aliphatic carbocycles. The van der Waals surface area contributed by atoms with Gasteiger partial charge < -0.3 is 10.2 Å². The monoisotopic (exact) mass is 398 g/mol. The predicted molar refractivity (Wildman–Crippen MR) is 93.4 cm³/mol. The van der Waals surface area contributed by atoms with Gasteiger partial charge in [0.2, 0.25) is 17.6 Å². The minimum Gasteiger partial charge on any atom is -0.415 e. The van der Waals surface area contributed by atoms with Gasteiger partial charge in [-0.05, 0) is 29.5 Å². The number of amides is 1. The highest BCUT2D eigenvalue weighted by Crippen LogP contribution is 2.22. The first kappa shape index (κ1) is 18.3. The topological polar surface area (TPSA) is 138 Å². The Morgan fingerprint density at radius 1 is 1.14 bits per heavy atom. The maximum absolute atomic E-state index is 12.5. The lowest BCUT2D eigenvalue weighted by atomic mass is 10.1. The van der Waals surface area contributed by atoms with Crippen molar-refractivity contribution in [2.75, 3.05) is 0 Å². The highest BCUT2D eigenvalue weighted by Gasteiger charge is 2.17. The van der Waals surface area contributed by atoms with Crippen LogP contribution >= 0.6 is 0 Å². The van der Waals surface area contributed by atoms with Gasteiger partial charge in [0.15, 0.2) is 0 Å². The van der Waals surface area contributed by atoms with Crippen LogP contribution in [0.5, 0.6) is 0 Å². The Labute approximate surface area is 161 Å². The van der Waals surface area contributed by atoms with Crippen LogP contribution in [0, 0.1) is 0 Å². The maximum Gasteiger partial charge on any atom is 0.314 e. The summed E-state index contributed by atoms with van der Waals surface area (Å²) in [6, 6.07) is 9.84. The molecule has 146 valence electrons. The first-order chi connectivity index (χ1) is 14.0. The number of nitrogens with zero attached hydrogens (tertiary/aromatic N) is 7. The van der Waals surface area contributed by atoms with Crippen molar-refractivity contribution in [1.29, 1.82) is 0 Å². The van der Waals surface area contributed by atoms with Gasteiger partial charge in [-0.2, -0.15) is 13.6 Å². The Bertz CT molecular complexity index is 1160. The molecule has 0 aliphatic heterocycles. The number of nitrogens with two attached hydrogens (primary N) is 1. The molecule has 0 aliphatic rings. The Morgan fingerprint density at radius 2 is 2.00 bits per heavy atom. The molecule has 0 bridgehead atoms. The van der Waals surface area contributed by atoms with E-state index in [1.54, 1.807) is 36.4 Å². The van der Waals surface area contributed by atoms with E-state index in [0.717, 1.165) is 0 Å². The van der Waals surface area contributed by atoms with Crippen LogP contribution in [0.3, 0.4) is 0 Å². The van der Waals surface area contributed by atoms with Crippen molar-refractivity contribution in [3.05, 3.63) is 59.7 Å². The lowest BCUT2D eigenvalue weighted by Crippen LogP contribution is -2.10. The van der Waals surface area contributed by atoms with Gasteiger partial charge in [-0.15, -0.1) is 20.4 Å². The largest absolute Gasteiger partial charge is 0.415 e. The van der Waals surface area contributed by atoms with Crippen molar-refractivity contribution in [2.24, 2.45) is 5.73 Å². The number of primary amides is 1. The minimum atomic E-state index is -2.83. The molecule has 10 nitrogen and oxygen atoms in total. The lowest BCUT2D eigenvalue weighted by molar-refractivity contribution is 0.1000. The molecule has 0 saturated carbocycles. The van der Waals surface area contributed by atoms with Gasteiger partial charge in [-0.25, -0.2) is 0 Å². The fourth-order valence-corrected chi connectivity index (χ4v) is 2.47. The Balaban J connectivity index is 1.49. The summed E-state index contributed by atoms with van der Waals surface area (Å²) >= 11 is 0. The van der Waals surface area contributed by atoms with E-state index < -0.39 is 18.2 Å². The zero-order valence-corrected chi connectivity index (χ0v) is 14.6. The number of alkyl halides is 2. The molecule has 2 N–H and O–H groups in total. The summed E-state index contributed by atoms with van der Waals surface area (Å²) in [5.41, 5.74) is 7.22. The predicted octanol–water partition coefficient (Wildman–Crippen LogP) is 1.87. The molecule has 0 saturated heterocycles. The molecule has 0 unspecified atom stereocenters. The summed E-state index contributed by atoms with van der Waals surface area (Å²) in [7, 11) is 0. The average molecular weight is 398 g/mol. The van der Waals surface area contributed by atoms with Gasteiger partial charge in [0.25, 0.3) is 5.89 Å². The quantitative estimate of drug-likeness (QED) is 0.519. The SMILES string of the molecule is NC(=O)c1cccc(-c2nnn(Cc3ccc(-c4nnc(C(F)F)o4)cn3)n2)c1. The lowest BCUT2D eigenvalue weighted by Gasteiger charge is -2.00. The molecular weight excluding hydrogens is 386 g/mol. The van der Waals surface area contributed by atoms with Gasteiger partial charge in [-0.3, -0.25) is 9.78 Å². The number of carbonyl (C=O) groups is 1. The average Bonchev–Trinajstić information content (AvgIpc) is 3.39. The molecule has 3 aromatic heterocycles. The van der Waals surface area contributed by atoms with Crippen LogP contribution in [0.25, 0.3) is 22.8 Å². The smallest absolute Gasteiger partial charge is 0.314 e. The van der Waals surface area contributed by atoms with E-state index in [9.17, 15) is 13.6 Å². The van der Waals surface area contributed by atoms with E-state index in [4.69, 9.17) is 10.2 Å². The van der Waals surface area contributed by atoms with Gasteiger partial charge in [0.1, 0.15) is 6.54 Å². The van der Waals surface area contributed by atoms with Crippen LogP contribution in [0.2, 0.25) is 0 Å². The molecular formula is C17H12F2N8O2. The Kier molecular flexibility index (Phi) is 4.73. The molecule has 12 heteroatoms. The number of carbonyl (C=O) groups excluding carboxylic acids is 1. The van der Waals surface area contributed by atoms with Crippen LogP contribution in [0.4, 0.5) is 8.78 Å². The minimum absolute atomic E-state index is 0.0464. The normalized spacial score (nSPS) is 11.1. The number of hydrogen-bond donors (Lipinski definition) is 1. The third kappa shape index (κ3) is 3.95. The molecule has 4 rings (SSSR count). The fourth-order valence-electron chi connectivity index (χ4n) is 2.47. The van der Waals surface area contributed by atoms with Crippen LogP contribution in [-0.4, -0.2) is 41.3 Å². The van der Waals surface area contributed by atoms with E-state index in [1.807, 2.05) is 0 Å². The summed E-state index contributed by atoms with van der Waals surface area (Å²) in [5, 5.41) is 19.0.